The Morgan fingerprint density at radius 2 is 1.76 bits per heavy atom. The van der Waals surface area contributed by atoms with Crippen molar-refractivity contribution in [2.75, 3.05) is 32.7 Å². The fourth-order valence-electron chi connectivity index (χ4n) is 4.43. The van der Waals surface area contributed by atoms with Gasteiger partial charge < -0.3 is 9.64 Å². The minimum atomic E-state index is -3.93. The van der Waals surface area contributed by atoms with Crippen molar-refractivity contribution in [2.24, 2.45) is 0 Å². The number of amides is 1. The molecule has 0 radical (unpaired) electrons. The van der Waals surface area contributed by atoms with E-state index in [2.05, 4.69) is 14.6 Å². The summed E-state index contributed by atoms with van der Waals surface area (Å²) in [5.41, 5.74) is 0. The van der Waals surface area contributed by atoms with Crippen LogP contribution in [-0.4, -0.2) is 74.0 Å². The van der Waals surface area contributed by atoms with Crippen LogP contribution < -0.4 is 9.46 Å². The second-order valence-electron chi connectivity index (χ2n) is 8.43. The average Bonchev–Trinajstić information content (AvgIpc) is 2.84. The SMILES string of the molecule is O=C(CNS(=O)(=O)c1cccc(F)c1)N1CCC(N2CCC(Oc3ccncc3)CC2)CC1. The quantitative estimate of drug-likeness (QED) is 0.658. The summed E-state index contributed by atoms with van der Waals surface area (Å²) < 4.78 is 46.2. The van der Waals surface area contributed by atoms with Crippen molar-refractivity contribution in [3.05, 3.63) is 54.6 Å². The van der Waals surface area contributed by atoms with Crippen LogP contribution in [0.5, 0.6) is 5.75 Å². The van der Waals surface area contributed by atoms with Gasteiger partial charge in [0.2, 0.25) is 15.9 Å². The molecule has 1 aromatic carbocycles. The lowest BCUT2D eigenvalue weighted by Gasteiger charge is -2.41. The van der Waals surface area contributed by atoms with Crippen LogP contribution in [0.4, 0.5) is 4.39 Å². The first kappa shape index (κ1) is 23.6. The molecule has 4 rings (SSSR count). The zero-order chi connectivity index (χ0) is 23.3. The molecule has 0 saturated carbocycles. The predicted octanol–water partition coefficient (Wildman–Crippen LogP) is 2.03. The molecular weight excluding hydrogens is 447 g/mol. The minimum absolute atomic E-state index is 0.190. The number of nitrogens with one attached hydrogen (secondary N) is 1. The highest BCUT2D eigenvalue weighted by molar-refractivity contribution is 7.89. The Morgan fingerprint density at radius 3 is 2.42 bits per heavy atom. The van der Waals surface area contributed by atoms with Crippen LogP contribution in [0.15, 0.2) is 53.7 Å². The number of nitrogens with zero attached hydrogens (tertiary/aromatic N) is 3. The first-order valence-electron chi connectivity index (χ1n) is 11.2. The maximum Gasteiger partial charge on any atom is 0.241 e. The number of hydrogen-bond donors (Lipinski definition) is 1. The number of carbonyl (C=O) groups is 1. The van der Waals surface area contributed by atoms with Crippen LogP contribution >= 0.6 is 0 Å². The smallest absolute Gasteiger partial charge is 0.241 e. The first-order chi connectivity index (χ1) is 15.9. The number of pyridine rings is 1. The highest BCUT2D eigenvalue weighted by Crippen LogP contribution is 2.24. The molecule has 0 spiro atoms. The summed E-state index contributed by atoms with van der Waals surface area (Å²) in [5.74, 6) is -0.0552. The van der Waals surface area contributed by atoms with Crippen LogP contribution in [-0.2, 0) is 14.8 Å². The Bertz CT molecular complexity index is 1040. The number of halogens is 1. The summed E-state index contributed by atoms with van der Waals surface area (Å²) in [4.78, 5) is 20.5. The van der Waals surface area contributed by atoms with Crippen LogP contribution in [0.25, 0.3) is 0 Å². The van der Waals surface area contributed by atoms with Crippen LogP contribution in [0.3, 0.4) is 0 Å². The molecule has 2 aromatic rings. The maximum atomic E-state index is 13.3. The molecule has 178 valence electrons. The molecule has 8 nitrogen and oxygen atoms in total. The van der Waals surface area contributed by atoms with Crippen molar-refractivity contribution < 1.29 is 22.3 Å². The Labute approximate surface area is 193 Å². The zero-order valence-corrected chi connectivity index (χ0v) is 19.2. The highest BCUT2D eigenvalue weighted by Gasteiger charge is 2.30. The van der Waals surface area contributed by atoms with Crippen LogP contribution in [0.2, 0.25) is 0 Å². The lowest BCUT2D eigenvalue weighted by molar-refractivity contribution is -0.131. The second kappa shape index (κ2) is 10.6. The van der Waals surface area contributed by atoms with Gasteiger partial charge in [0.15, 0.2) is 0 Å². The fraction of sp³-hybridized carbons (Fsp3) is 0.478. The number of carbonyl (C=O) groups excluding carboxylic acids is 1. The third-order valence-electron chi connectivity index (χ3n) is 6.28. The van der Waals surface area contributed by atoms with E-state index in [9.17, 15) is 17.6 Å². The van der Waals surface area contributed by atoms with Gasteiger partial charge in [-0.05, 0) is 56.0 Å². The number of aromatic nitrogens is 1. The van der Waals surface area contributed by atoms with Crippen LogP contribution in [0, 0.1) is 5.82 Å². The molecule has 33 heavy (non-hydrogen) atoms. The highest BCUT2D eigenvalue weighted by atomic mass is 32.2. The number of piperidine rings is 2. The van der Waals surface area contributed by atoms with E-state index in [1.165, 1.54) is 18.2 Å². The molecule has 3 heterocycles. The molecule has 1 aromatic heterocycles. The number of benzene rings is 1. The van der Waals surface area contributed by atoms with E-state index in [4.69, 9.17) is 4.74 Å². The summed E-state index contributed by atoms with van der Waals surface area (Å²) in [5, 5.41) is 0. The molecule has 0 atom stereocenters. The van der Waals surface area contributed by atoms with Crippen LogP contribution in [0.1, 0.15) is 25.7 Å². The number of ether oxygens (including phenoxy) is 1. The molecule has 2 aliphatic rings. The molecule has 1 N–H and O–H groups in total. The molecular formula is C23H29FN4O4S. The van der Waals surface area contributed by atoms with Gasteiger partial charge in [-0.25, -0.2) is 17.5 Å². The van der Waals surface area contributed by atoms with E-state index in [0.717, 1.165) is 50.6 Å². The van der Waals surface area contributed by atoms with Gasteiger partial charge in [-0.15, -0.1) is 0 Å². The van der Waals surface area contributed by atoms with E-state index in [1.54, 1.807) is 17.3 Å². The average molecular weight is 477 g/mol. The van der Waals surface area contributed by atoms with Crippen molar-refractivity contribution in [3.8, 4) is 5.75 Å². The third-order valence-corrected chi connectivity index (χ3v) is 7.68. The molecule has 2 aliphatic heterocycles. The van der Waals surface area contributed by atoms with Crippen molar-refractivity contribution in [1.29, 1.82) is 0 Å². The summed E-state index contributed by atoms with van der Waals surface area (Å²) in [6, 6.07) is 8.89. The van der Waals surface area contributed by atoms with E-state index in [-0.39, 0.29) is 23.5 Å². The predicted molar refractivity (Wildman–Crippen MR) is 121 cm³/mol. The van der Waals surface area contributed by atoms with Gasteiger partial charge in [0.25, 0.3) is 0 Å². The number of hydrogen-bond acceptors (Lipinski definition) is 6. The second-order valence-corrected chi connectivity index (χ2v) is 10.2. The van der Waals surface area contributed by atoms with E-state index in [1.807, 2.05) is 12.1 Å². The summed E-state index contributed by atoms with van der Waals surface area (Å²) in [6.07, 6.45) is 7.30. The Hall–Kier alpha value is -2.56. The normalized spacial score (nSPS) is 18.9. The fourth-order valence-corrected chi connectivity index (χ4v) is 5.44. The maximum absolute atomic E-state index is 13.3. The van der Waals surface area contributed by atoms with Gasteiger partial charge in [-0.1, -0.05) is 6.07 Å². The van der Waals surface area contributed by atoms with Crippen molar-refractivity contribution >= 4 is 15.9 Å². The summed E-state index contributed by atoms with van der Waals surface area (Å²) in [6.45, 7) is 2.78. The topological polar surface area (TPSA) is 91.8 Å². The first-order valence-corrected chi connectivity index (χ1v) is 12.7. The molecule has 0 unspecified atom stereocenters. The molecule has 2 fully saturated rings. The molecule has 0 aliphatic carbocycles. The van der Waals surface area contributed by atoms with E-state index >= 15 is 0 Å². The van der Waals surface area contributed by atoms with E-state index < -0.39 is 15.8 Å². The zero-order valence-electron chi connectivity index (χ0n) is 18.4. The lowest BCUT2D eigenvalue weighted by Crippen LogP contribution is -2.51. The van der Waals surface area contributed by atoms with Crippen molar-refractivity contribution in [2.45, 2.75) is 42.7 Å². The number of likely N-dealkylation sites (tertiary alicyclic amines) is 2. The molecule has 10 heteroatoms. The number of sulfonamides is 1. The van der Waals surface area contributed by atoms with Crippen molar-refractivity contribution in [1.82, 2.24) is 19.5 Å². The summed E-state index contributed by atoms with van der Waals surface area (Å²) in [7, 11) is -3.93. The lowest BCUT2D eigenvalue weighted by atomic mass is 9.99. The van der Waals surface area contributed by atoms with Gasteiger partial charge >= 0.3 is 0 Å². The Kier molecular flexibility index (Phi) is 7.56. The third kappa shape index (κ3) is 6.27. The van der Waals surface area contributed by atoms with Crippen molar-refractivity contribution in [3.63, 3.8) is 0 Å². The largest absolute Gasteiger partial charge is 0.490 e. The van der Waals surface area contributed by atoms with Gasteiger partial charge in [0.05, 0.1) is 11.4 Å². The van der Waals surface area contributed by atoms with Gasteiger partial charge in [0, 0.05) is 44.6 Å². The van der Waals surface area contributed by atoms with E-state index in [0.29, 0.717) is 19.1 Å². The van der Waals surface area contributed by atoms with Gasteiger partial charge in [-0.3, -0.25) is 14.7 Å². The molecule has 2 saturated heterocycles. The number of rotatable bonds is 7. The van der Waals surface area contributed by atoms with Gasteiger partial charge in [0.1, 0.15) is 17.7 Å². The Balaban J connectivity index is 1.19. The summed E-state index contributed by atoms with van der Waals surface area (Å²) >= 11 is 0. The molecule has 0 bridgehead atoms. The monoisotopic (exact) mass is 476 g/mol. The Morgan fingerprint density at radius 1 is 1.06 bits per heavy atom. The standard InChI is InChI=1S/C23H29FN4O4S/c24-18-2-1-3-22(16-18)33(30,31)26-17-23(29)28-12-6-19(7-13-28)27-14-8-21(9-15-27)32-20-4-10-25-11-5-20/h1-5,10-11,16,19,21,26H,6-9,12-15,17H2. The minimum Gasteiger partial charge on any atom is -0.490 e. The van der Waals surface area contributed by atoms with Gasteiger partial charge in [-0.2, -0.15) is 0 Å². The molecule has 1 amide bonds.